The number of aliphatic hydroxyl groups is 1. The summed E-state index contributed by atoms with van der Waals surface area (Å²) >= 11 is 0. The number of carbonyl (C=O) groups is 1. The van der Waals surface area contributed by atoms with Gasteiger partial charge in [0.25, 0.3) is 5.91 Å². The molecule has 0 fully saturated rings. The lowest BCUT2D eigenvalue weighted by Crippen LogP contribution is -2.21. The zero-order valence-corrected chi connectivity index (χ0v) is 17.6. The Labute approximate surface area is 185 Å². The van der Waals surface area contributed by atoms with Crippen LogP contribution in [-0.4, -0.2) is 39.2 Å². The third-order valence-electron chi connectivity index (χ3n) is 5.67. The van der Waals surface area contributed by atoms with Gasteiger partial charge in [0.2, 0.25) is 0 Å². The molecule has 7 nitrogen and oxygen atoms in total. The minimum Gasteiger partial charge on any atom is -0.481 e. The van der Waals surface area contributed by atoms with Crippen molar-refractivity contribution in [1.29, 1.82) is 0 Å². The number of nitrogens with one attached hydrogen (secondary N) is 1. The number of amides is 1. The van der Waals surface area contributed by atoms with Gasteiger partial charge in [-0.25, -0.2) is 0 Å². The van der Waals surface area contributed by atoms with Crippen LogP contribution in [0.4, 0.5) is 5.69 Å². The number of benzene rings is 3. The third kappa shape index (κ3) is 4.20. The van der Waals surface area contributed by atoms with Gasteiger partial charge in [-0.3, -0.25) is 4.79 Å². The molecule has 2 N–H and O–H groups in total. The molecule has 1 aromatic heterocycles. The summed E-state index contributed by atoms with van der Waals surface area (Å²) in [5.41, 5.74) is 6.54. The molecule has 1 amide bonds. The standard InChI is InChI=1S/C25H24N4O3/c30-13-12-17-8-11-24(23(14-17)29-27-21-6-1-2-7-22(21)28-29)32-16-25(31)26-20-10-9-18-4-3-5-19(18)15-20/h1-2,6-11,14-15,30H,3-5,12-13,16H2,(H,26,31). The molecule has 162 valence electrons. The van der Waals surface area contributed by atoms with E-state index in [1.54, 1.807) is 6.07 Å². The highest BCUT2D eigenvalue weighted by atomic mass is 16.5. The minimum absolute atomic E-state index is 0.0390. The van der Waals surface area contributed by atoms with Crippen molar-refractivity contribution in [2.24, 2.45) is 0 Å². The summed E-state index contributed by atoms with van der Waals surface area (Å²) in [4.78, 5) is 14.1. The largest absolute Gasteiger partial charge is 0.481 e. The van der Waals surface area contributed by atoms with Gasteiger partial charge in [0.05, 0.1) is 0 Å². The van der Waals surface area contributed by atoms with Gasteiger partial charge in [0, 0.05) is 12.3 Å². The molecular formula is C25H24N4O3. The van der Waals surface area contributed by atoms with E-state index >= 15 is 0 Å². The molecule has 1 aliphatic carbocycles. The number of aryl methyl sites for hydroxylation is 2. The normalized spacial score (nSPS) is 12.7. The highest BCUT2D eigenvalue weighted by molar-refractivity contribution is 5.92. The maximum atomic E-state index is 12.5. The number of aromatic nitrogens is 3. The van der Waals surface area contributed by atoms with Gasteiger partial charge in [0.1, 0.15) is 22.5 Å². The average molecular weight is 428 g/mol. The monoisotopic (exact) mass is 428 g/mol. The van der Waals surface area contributed by atoms with E-state index in [1.807, 2.05) is 42.5 Å². The van der Waals surface area contributed by atoms with E-state index in [0.29, 0.717) is 17.9 Å². The molecular weight excluding hydrogens is 404 g/mol. The lowest BCUT2D eigenvalue weighted by molar-refractivity contribution is -0.118. The highest BCUT2D eigenvalue weighted by Gasteiger charge is 2.15. The first kappa shape index (κ1) is 20.2. The van der Waals surface area contributed by atoms with Gasteiger partial charge < -0.3 is 15.2 Å². The number of fused-ring (bicyclic) bond motifs is 2. The summed E-state index contributed by atoms with van der Waals surface area (Å²) < 4.78 is 5.87. The Morgan fingerprint density at radius 3 is 2.56 bits per heavy atom. The molecule has 3 aromatic carbocycles. The summed E-state index contributed by atoms with van der Waals surface area (Å²) in [7, 11) is 0. The number of aliphatic hydroxyl groups excluding tert-OH is 1. The Bertz CT molecular complexity index is 1250. The second kappa shape index (κ2) is 8.80. The van der Waals surface area contributed by atoms with Crippen molar-refractivity contribution >= 4 is 22.6 Å². The van der Waals surface area contributed by atoms with Crippen LogP contribution in [0.2, 0.25) is 0 Å². The van der Waals surface area contributed by atoms with Crippen LogP contribution in [0, 0.1) is 0 Å². The Kier molecular flexibility index (Phi) is 5.56. The topological polar surface area (TPSA) is 89.3 Å². The van der Waals surface area contributed by atoms with Crippen LogP contribution in [0.15, 0.2) is 60.7 Å². The average Bonchev–Trinajstić information content (AvgIpc) is 3.45. The fraction of sp³-hybridized carbons (Fsp3) is 0.240. The molecule has 0 atom stereocenters. The van der Waals surface area contributed by atoms with Crippen molar-refractivity contribution in [3.8, 4) is 11.4 Å². The van der Waals surface area contributed by atoms with Crippen LogP contribution >= 0.6 is 0 Å². The van der Waals surface area contributed by atoms with Crippen LogP contribution < -0.4 is 10.1 Å². The van der Waals surface area contributed by atoms with Gasteiger partial charge >= 0.3 is 0 Å². The predicted octanol–water partition coefficient (Wildman–Crippen LogP) is 3.46. The van der Waals surface area contributed by atoms with Crippen LogP contribution in [0.5, 0.6) is 5.75 Å². The summed E-state index contributed by atoms with van der Waals surface area (Å²) in [6.45, 7) is -0.0957. The van der Waals surface area contributed by atoms with Gasteiger partial charge in [0.15, 0.2) is 6.61 Å². The number of rotatable bonds is 7. The Hall–Kier alpha value is -3.71. The molecule has 4 aromatic rings. The van der Waals surface area contributed by atoms with E-state index in [9.17, 15) is 9.90 Å². The van der Waals surface area contributed by atoms with Gasteiger partial charge in [-0.05, 0) is 78.8 Å². The van der Waals surface area contributed by atoms with E-state index in [2.05, 4.69) is 27.6 Å². The third-order valence-corrected chi connectivity index (χ3v) is 5.67. The van der Waals surface area contributed by atoms with Crippen molar-refractivity contribution in [2.75, 3.05) is 18.5 Å². The van der Waals surface area contributed by atoms with Crippen LogP contribution in [0.3, 0.4) is 0 Å². The van der Waals surface area contributed by atoms with Gasteiger partial charge in [-0.15, -0.1) is 15.0 Å². The lowest BCUT2D eigenvalue weighted by Gasteiger charge is -2.13. The fourth-order valence-electron chi connectivity index (χ4n) is 4.08. The Morgan fingerprint density at radius 1 is 1.00 bits per heavy atom. The molecule has 0 radical (unpaired) electrons. The SMILES string of the molecule is O=C(COc1ccc(CCO)cc1-n1nc2ccccc2n1)Nc1ccc2c(c1)CCC2. The molecule has 5 rings (SSSR count). The minimum atomic E-state index is -0.230. The molecule has 0 aliphatic heterocycles. The number of anilines is 1. The summed E-state index contributed by atoms with van der Waals surface area (Å²) in [6, 6.07) is 19.2. The molecule has 0 unspecified atom stereocenters. The molecule has 1 heterocycles. The summed E-state index contributed by atoms with van der Waals surface area (Å²) in [6.07, 6.45) is 3.84. The van der Waals surface area contributed by atoms with Crippen molar-refractivity contribution in [3.05, 3.63) is 77.4 Å². The molecule has 0 saturated carbocycles. The zero-order chi connectivity index (χ0) is 21.9. The van der Waals surface area contributed by atoms with Crippen LogP contribution in [-0.2, 0) is 24.1 Å². The van der Waals surface area contributed by atoms with Crippen LogP contribution in [0.25, 0.3) is 16.7 Å². The van der Waals surface area contributed by atoms with Gasteiger partial charge in [-0.2, -0.15) is 0 Å². The second-order valence-corrected chi connectivity index (χ2v) is 7.93. The highest BCUT2D eigenvalue weighted by Crippen LogP contribution is 2.26. The molecule has 7 heteroatoms. The predicted molar refractivity (Wildman–Crippen MR) is 122 cm³/mol. The summed E-state index contributed by atoms with van der Waals surface area (Å²) in [5.74, 6) is 0.267. The van der Waals surface area contributed by atoms with Crippen molar-refractivity contribution in [1.82, 2.24) is 15.0 Å². The number of hydrogen-bond donors (Lipinski definition) is 2. The first-order chi connectivity index (χ1) is 15.7. The second-order valence-electron chi connectivity index (χ2n) is 7.93. The number of ether oxygens (including phenoxy) is 1. The Morgan fingerprint density at radius 2 is 1.78 bits per heavy atom. The first-order valence-corrected chi connectivity index (χ1v) is 10.8. The van der Waals surface area contributed by atoms with Crippen molar-refractivity contribution in [2.45, 2.75) is 25.7 Å². The van der Waals surface area contributed by atoms with E-state index in [0.717, 1.165) is 35.1 Å². The van der Waals surface area contributed by atoms with Crippen molar-refractivity contribution < 1.29 is 14.6 Å². The maximum absolute atomic E-state index is 12.5. The van der Waals surface area contributed by atoms with E-state index in [4.69, 9.17) is 4.74 Å². The molecule has 0 bridgehead atoms. The maximum Gasteiger partial charge on any atom is 0.262 e. The van der Waals surface area contributed by atoms with Gasteiger partial charge in [-0.1, -0.05) is 24.3 Å². The number of nitrogens with zero attached hydrogens (tertiary/aromatic N) is 3. The Balaban J connectivity index is 1.35. The molecule has 32 heavy (non-hydrogen) atoms. The number of carbonyl (C=O) groups excluding carboxylic acids is 1. The van der Waals surface area contributed by atoms with E-state index in [-0.39, 0.29) is 19.1 Å². The van der Waals surface area contributed by atoms with E-state index in [1.165, 1.54) is 22.3 Å². The molecule has 1 aliphatic rings. The zero-order valence-electron chi connectivity index (χ0n) is 17.6. The van der Waals surface area contributed by atoms with Crippen molar-refractivity contribution in [3.63, 3.8) is 0 Å². The number of hydrogen-bond acceptors (Lipinski definition) is 5. The first-order valence-electron chi connectivity index (χ1n) is 10.8. The smallest absolute Gasteiger partial charge is 0.262 e. The van der Waals surface area contributed by atoms with Crippen LogP contribution in [0.1, 0.15) is 23.1 Å². The molecule has 0 saturated heterocycles. The summed E-state index contributed by atoms with van der Waals surface area (Å²) in [5, 5.41) is 21.3. The quantitative estimate of drug-likeness (QED) is 0.471. The lowest BCUT2D eigenvalue weighted by atomic mass is 10.1. The molecule has 0 spiro atoms. The fourth-order valence-corrected chi connectivity index (χ4v) is 4.08. The van der Waals surface area contributed by atoms with E-state index < -0.39 is 0 Å².